The van der Waals surface area contributed by atoms with E-state index in [4.69, 9.17) is 27.9 Å². The van der Waals surface area contributed by atoms with Crippen molar-refractivity contribution in [1.29, 1.82) is 0 Å². The van der Waals surface area contributed by atoms with E-state index in [1.165, 1.54) is 10.8 Å². The molecule has 4 aromatic rings. The Morgan fingerprint density at radius 1 is 1.10 bits per heavy atom. The first-order chi connectivity index (χ1) is 19.9. The Morgan fingerprint density at radius 2 is 1.74 bits per heavy atom. The van der Waals surface area contributed by atoms with Gasteiger partial charge in [-0.25, -0.2) is 14.8 Å². The predicted molar refractivity (Wildman–Crippen MR) is 171 cm³/mol. The maximum absolute atomic E-state index is 13.3. The van der Waals surface area contributed by atoms with Gasteiger partial charge in [0.25, 0.3) is 5.56 Å². The number of aryl methyl sites for hydroxylation is 1. The van der Waals surface area contributed by atoms with Crippen LogP contribution in [0.5, 0.6) is 0 Å². The molecule has 0 spiro atoms. The van der Waals surface area contributed by atoms with Crippen LogP contribution < -0.4 is 10.9 Å². The van der Waals surface area contributed by atoms with Crippen molar-refractivity contribution in [3.8, 4) is 5.69 Å². The molecule has 5 rings (SSSR count). The van der Waals surface area contributed by atoms with Gasteiger partial charge in [0.1, 0.15) is 5.60 Å². The minimum atomic E-state index is -0.518. The number of carbonyl (C=O) groups is 1. The highest BCUT2D eigenvalue weighted by Crippen LogP contribution is 2.31. The number of likely N-dealkylation sites (tertiary alicyclic amines) is 1. The Hall–Kier alpha value is -3.15. The number of ether oxygens (including phenoxy) is 1. The van der Waals surface area contributed by atoms with E-state index in [1.807, 2.05) is 52.4 Å². The fraction of sp³-hybridized carbons (Fsp3) is 0.414. The van der Waals surface area contributed by atoms with E-state index in [-0.39, 0.29) is 17.7 Å². The van der Waals surface area contributed by atoms with E-state index >= 15 is 0 Å². The molecule has 1 aromatic carbocycles. The first kappa shape index (κ1) is 31.8. The monoisotopic (exact) mass is 677 g/mol. The fourth-order valence-electron chi connectivity index (χ4n) is 4.60. The number of anilines is 2. The molecule has 0 aliphatic carbocycles. The Morgan fingerprint density at radius 3 is 2.36 bits per heavy atom. The topological polar surface area (TPSA) is 107 Å². The number of pyridine rings is 1. The molecule has 1 saturated heterocycles. The van der Waals surface area contributed by atoms with Gasteiger partial charge in [-0.15, -0.1) is 0 Å². The third-order valence-corrected chi connectivity index (χ3v) is 7.61. The standard InChI is InChI=1S/C27H28BrCl2N7O3.C2H6/c1-15-9-20(29)23(21(30)10-15)36-14-19(28)22-18(24(36)38)12-31-25(34-22)33-16-11-32-37(13-16)17-5-7-35(8-6-17)26(39)40-27(2,3)4;1-2/h9-14,17H,5-8H2,1-4H3,(H,31,33,34);1-2H3. The SMILES string of the molecule is CC.Cc1cc(Cl)c(-n2cc(Br)c3nc(Nc4cnn(C5CCN(C(=O)OC(C)(C)C)CC5)c4)ncc3c2=O)c(Cl)c1. The van der Waals surface area contributed by atoms with Gasteiger partial charge < -0.3 is 15.0 Å². The van der Waals surface area contributed by atoms with Gasteiger partial charge in [-0.2, -0.15) is 5.10 Å². The highest BCUT2D eigenvalue weighted by Gasteiger charge is 2.28. The predicted octanol–water partition coefficient (Wildman–Crippen LogP) is 7.70. The van der Waals surface area contributed by atoms with Crippen molar-refractivity contribution in [2.24, 2.45) is 0 Å². The van der Waals surface area contributed by atoms with E-state index in [0.29, 0.717) is 55.8 Å². The quantitative estimate of drug-likeness (QED) is 0.236. The lowest BCUT2D eigenvalue weighted by Crippen LogP contribution is -2.42. The third-order valence-electron chi connectivity index (χ3n) is 6.46. The van der Waals surface area contributed by atoms with Gasteiger partial charge in [0.15, 0.2) is 0 Å². The molecule has 0 unspecified atom stereocenters. The van der Waals surface area contributed by atoms with E-state index in [0.717, 1.165) is 18.4 Å². The van der Waals surface area contributed by atoms with E-state index in [1.54, 1.807) is 29.4 Å². The zero-order chi connectivity index (χ0) is 30.8. The second-order valence-electron chi connectivity index (χ2n) is 10.7. The molecule has 1 amide bonds. The van der Waals surface area contributed by atoms with Gasteiger partial charge in [-0.1, -0.05) is 37.0 Å². The molecule has 13 heteroatoms. The summed E-state index contributed by atoms with van der Waals surface area (Å²) in [5.74, 6) is 0.316. The second-order valence-corrected chi connectivity index (χ2v) is 12.4. The Labute approximate surface area is 263 Å². The summed E-state index contributed by atoms with van der Waals surface area (Å²) in [6, 6.07) is 3.66. The molecule has 0 atom stereocenters. The van der Waals surface area contributed by atoms with Gasteiger partial charge in [-0.05, 0) is 74.2 Å². The van der Waals surface area contributed by atoms with Crippen LogP contribution in [0.25, 0.3) is 16.6 Å². The zero-order valence-corrected chi connectivity index (χ0v) is 27.5. The highest BCUT2D eigenvalue weighted by atomic mass is 79.9. The van der Waals surface area contributed by atoms with Crippen LogP contribution in [0.3, 0.4) is 0 Å². The number of hydrogen-bond acceptors (Lipinski definition) is 7. The second kappa shape index (κ2) is 13.0. The van der Waals surface area contributed by atoms with Crippen molar-refractivity contribution in [2.45, 2.75) is 66.0 Å². The van der Waals surface area contributed by atoms with Crippen molar-refractivity contribution in [3.05, 3.63) is 67.4 Å². The van der Waals surface area contributed by atoms with Crippen LogP contribution in [0.4, 0.5) is 16.4 Å². The first-order valence-corrected chi connectivity index (χ1v) is 15.3. The molecule has 1 N–H and O–H groups in total. The average Bonchev–Trinajstić information content (AvgIpc) is 3.39. The number of nitrogens with one attached hydrogen (secondary N) is 1. The van der Waals surface area contributed by atoms with Gasteiger partial charge in [0.2, 0.25) is 5.95 Å². The van der Waals surface area contributed by atoms with Crippen LogP contribution >= 0.6 is 39.1 Å². The minimum Gasteiger partial charge on any atom is -0.444 e. The number of rotatable bonds is 4. The fourth-order valence-corrected chi connectivity index (χ4v) is 5.89. The summed E-state index contributed by atoms with van der Waals surface area (Å²) in [4.78, 5) is 36.3. The van der Waals surface area contributed by atoms with Crippen LogP contribution in [0.1, 0.15) is 59.1 Å². The van der Waals surface area contributed by atoms with Gasteiger partial charge >= 0.3 is 6.09 Å². The molecule has 224 valence electrons. The number of halogens is 3. The normalized spacial score (nSPS) is 14.0. The number of hydrogen-bond donors (Lipinski definition) is 1. The number of aromatic nitrogens is 5. The number of fused-ring (bicyclic) bond motifs is 1. The summed E-state index contributed by atoms with van der Waals surface area (Å²) in [5, 5.41) is 8.70. The molecule has 0 bridgehead atoms. The third kappa shape index (κ3) is 7.07. The number of piperidine rings is 1. The van der Waals surface area contributed by atoms with Crippen molar-refractivity contribution >= 4 is 67.8 Å². The van der Waals surface area contributed by atoms with Crippen molar-refractivity contribution in [2.75, 3.05) is 18.4 Å². The summed E-state index contributed by atoms with van der Waals surface area (Å²) in [5.41, 5.74) is 1.57. The number of amides is 1. The molecule has 0 radical (unpaired) electrons. The van der Waals surface area contributed by atoms with Gasteiger partial charge in [0, 0.05) is 31.7 Å². The number of benzene rings is 1. The van der Waals surface area contributed by atoms with Crippen molar-refractivity contribution < 1.29 is 9.53 Å². The van der Waals surface area contributed by atoms with Crippen molar-refractivity contribution in [1.82, 2.24) is 29.2 Å². The molecule has 10 nitrogen and oxygen atoms in total. The van der Waals surface area contributed by atoms with Crippen LogP contribution in [-0.4, -0.2) is 54.0 Å². The molecule has 3 aromatic heterocycles. The number of nitrogens with zero attached hydrogens (tertiary/aromatic N) is 6. The van der Waals surface area contributed by atoms with E-state index in [9.17, 15) is 9.59 Å². The van der Waals surface area contributed by atoms with Crippen LogP contribution in [0.15, 0.2) is 46.2 Å². The van der Waals surface area contributed by atoms with Crippen LogP contribution in [-0.2, 0) is 4.74 Å². The number of carbonyl (C=O) groups excluding carboxylic acids is 1. The zero-order valence-electron chi connectivity index (χ0n) is 24.4. The van der Waals surface area contributed by atoms with Crippen LogP contribution in [0.2, 0.25) is 10.0 Å². The highest BCUT2D eigenvalue weighted by molar-refractivity contribution is 9.10. The van der Waals surface area contributed by atoms with Crippen molar-refractivity contribution in [3.63, 3.8) is 0 Å². The lowest BCUT2D eigenvalue weighted by Gasteiger charge is -2.33. The van der Waals surface area contributed by atoms with Crippen LogP contribution in [0, 0.1) is 6.92 Å². The smallest absolute Gasteiger partial charge is 0.410 e. The first-order valence-electron chi connectivity index (χ1n) is 13.7. The summed E-state index contributed by atoms with van der Waals surface area (Å²) in [6.07, 6.45) is 7.90. The lowest BCUT2D eigenvalue weighted by atomic mass is 10.1. The molecule has 1 aliphatic heterocycles. The molecule has 0 saturated carbocycles. The molecule has 1 aliphatic rings. The molecule has 1 fully saturated rings. The molecule has 42 heavy (non-hydrogen) atoms. The Balaban J connectivity index is 0.00000198. The average molecular weight is 679 g/mol. The molecular formula is C29H34BrCl2N7O3. The Kier molecular flexibility index (Phi) is 9.84. The molecule has 4 heterocycles. The maximum atomic E-state index is 13.3. The summed E-state index contributed by atoms with van der Waals surface area (Å²) >= 11 is 16.4. The summed E-state index contributed by atoms with van der Waals surface area (Å²) < 4.78 is 9.34. The lowest BCUT2D eigenvalue weighted by molar-refractivity contribution is 0.0185. The summed E-state index contributed by atoms with van der Waals surface area (Å²) in [6.45, 7) is 12.7. The van der Waals surface area contributed by atoms with Gasteiger partial charge in [0.05, 0.1) is 49.0 Å². The van der Waals surface area contributed by atoms with E-state index in [2.05, 4.69) is 36.3 Å². The minimum absolute atomic E-state index is 0.153. The molecular weight excluding hydrogens is 645 g/mol. The summed E-state index contributed by atoms with van der Waals surface area (Å²) in [7, 11) is 0. The van der Waals surface area contributed by atoms with E-state index < -0.39 is 5.60 Å². The van der Waals surface area contributed by atoms with Gasteiger partial charge in [-0.3, -0.25) is 14.0 Å². The maximum Gasteiger partial charge on any atom is 0.410 e. The largest absolute Gasteiger partial charge is 0.444 e. The Bertz CT molecular complexity index is 1630.